The van der Waals surface area contributed by atoms with Crippen LogP contribution in [0.25, 0.3) is 0 Å². The largest absolute Gasteiger partial charge is 0.341 e. The number of hydrogen-bond donors (Lipinski definition) is 2. The molecule has 1 amide bonds. The third-order valence-electron chi connectivity index (χ3n) is 4.22. The van der Waals surface area contributed by atoms with Gasteiger partial charge in [-0.2, -0.15) is 0 Å². The van der Waals surface area contributed by atoms with Gasteiger partial charge in [0.1, 0.15) is 5.82 Å². The van der Waals surface area contributed by atoms with Crippen molar-refractivity contribution >= 4 is 5.91 Å². The minimum absolute atomic E-state index is 0.0572. The summed E-state index contributed by atoms with van der Waals surface area (Å²) in [4.78, 5) is 32.1. The number of fused-ring (bicyclic) bond motifs is 1. The lowest BCUT2D eigenvalue weighted by molar-refractivity contribution is 0.0719. The van der Waals surface area contributed by atoms with E-state index in [0.717, 1.165) is 17.9 Å². The molecule has 0 saturated heterocycles. The Morgan fingerprint density at radius 1 is 1.38 bits per heavy atom. The van der Waals surface area contributed by atoms with Crippen LogP contribution in [0, 0.1) is 0 Å². The minimum atomic E-state index is -0.468. The molecule has 1 fully saturated rings. The number of imidazole rings is 1. The van der Waals surface area contributed by atoms with Crippen molar-refractivity contribution in [2.75, 3.05) is 6.54 Å². The fourth-order valence-electron chi connectivity index (χ4n) is 2.95. The number of amides is 1. The maximum atomic E-state index is 12.3. The molecule has 8 heteroatoms. The van der Waals surface area contributed by atoms with Crippen molar-refractivity contribution in [1.82, 2.24) is 29.6 Å². The summed E-state index contributed by atoms with van der Waals surface area (Å²) < 4.78 is 2.19. The lowest BCUT2D eigenvalue weighted by atomic mass is 10.1. The Morgan fingerprint density at radius 2 is 2.19 bits per heavy atom. The van der Waals surface area contributed by atoms with Crippen LogP contribution in [0.3, 0.4) is 0 Å². The van der Waals surface area contributed by atoms with Gasteiger partial charge in [0.05, 0.1) is 12.2 Å². The first-order chi connectivity index (χ1) is 10.1. The zero-order valence-corrected chi connectivity index (χ0v) is 11.7. The van der Waals surface area contributed by atoms with Crippen LogP contribution < -0.4 is 5.69 Å². The number of H-pyrrole nitrogens is 2. The van der Waals surface area contributed by atoms with Crippen LogP contribution in [0.2, 0.25) is 0 Å². The summed E-state index contributed by atoms with van der Waals surface area (Å²) in [5.41, 5.74) is 1.72. The van der Waals surface area contributed by atoms with Crippen LogP contribution in [0.15, 0.2) is 4.79 Å². The molecule has 110 valence electrons. The summed E-state index contributed by atoms with van der Waals surface area (Å²) in [6.07, 6.45) is 3.20. The number of nitrogens with one attached hydrogen (secondary N) is 2. The lowest BCUT2D eigenvalue weighted by Crippen LogP contribution is -2.37. The topological polar surface area (TPSA) is 99.7 Å². The van der Waals surface area contributed by atoms with Gasteiger partial charge in [0.2, 0.25) is 5.82 Å². The first kappa shape index (κ1) is 12.4. The predicted octanol–water partition coefficient (Wildman–Crippen LogP) is -0.0926. The second kappa shape index (κ2) is 4.31. The third kappa shape index (κ3) is 1.98. The Morgan fingerprint density at radius 3 is 2.86 bits per heavy atom. The van der Waals surface area contributed by atoms with Gasteiger partial charge in [-0.15, -0.1) is 5.10 Å². The summed E-state index contributed by atoms with van der Waals surface area (Å²) in [6.45, 7) is 1.09. The molecule has 0 unspecified atom stereocenters. The molecule has 1 saturated carbocycles. The molecule has 2 N–H and O–H groups in total. The van der Waals surface area contributed by atoms with E-state index in [1.807, 2.05) is 0 Å². The average molecular weight is 288 g/mol. The summed E-state index contributed by atoms with van der Waals surface area (Å²) in [5.74, 6) is 1.52. The Labute approximate surface area is 120 Å². The first-order valence-electron chi connectivity index (χ1n) is 7.12. The van der Waals surface area contributed by atoms with E-state index >= 15 is 0 Å². The summed E-state index contributed by atoms with van der Waals surface area (Å²) in [6, 6.07) is 0. The lowest BCUT2D eigenvalue weighted by Gasteiger charge is -2.25. The molecular formula is C13H16N6O2. The maximum Gasteiger partial charge on any atom is 0.341 e. The highest BCUT2D eigenvalue weighted by molar-refractivity contribution is 5.90. The molecule has 2 aromatic heterocycles. The van der Waals surface area contributed by atoms with Gasteiger partial charge in [0.15, 0.2) is 0 Å². The van der Waals surface area contributed by atoms with Gasteiger partial charge < -0.3 is 9.47 Å². The van der Waals surface area contributed by atoms with E-state index in [4.69, 9.17) is 4.98 Å². The van der Waals surface area contributed by atoms with Crippen LogP contribution in [-0.2, 0) is 20.0 Å². The van der Waals surface area contributed by atoms with Crippen LogP contribution in [0.4, 0.5) is 0 Å². The zero-order chi connectivity index (χ0) is 14.6. The summed E-state index contributed by atoms with van der Waals surface area (Å²) in [5, 5.41) is 5.91. The van der Waals surface area contributed by atoms with E-state index in [2.05, 4.69) is 26.8 Å². The molecule has 8 nitrogen and oxygen atoms in total. The molecule has 0 spiro atoms. The molecule has 0 bridgehead atoms. The van der Waals surface area contributed by atoms with Gasteiger partial charge in [-0.25, -0.2) is 14.9 Å². The van der Waals surface area contributed by atoms with Crippen LogP contribution >= 0.6 is 0 Å². The predicted molar refractivity (Wildman–Crippen MR) is 72.8 cm³/mol. The number of carbonyl (C=O) groups is 1. The number of nitrogens with zero attached hydrogens (tertiary/aromatic N) is 4. The normalized spacial score (nSPS) is 17.9. The van der Waals surface area contributed by atoms with Gasteiger partial charge in [0, 0.05) is 31.6 Å². The minimum Gasteiger partial charge on any atom is -0.334 e. The van der Waals surface area contributed by atoms with E-state index < -0.39 is 5.69 Å². The first-order valence-corrected chi connectivity index (χ1v) is 7.12. The molecule has 0 radical (unpaired) electrons. The van der Waals surface area contributed by atoms with Crippen molar-refractivity contribution in [3.63, 3.8) is 0 Å². The van der Waals surface area contributed by atoms with E-state index in [9.17, 15) is 9.59 Å². The fourth-order valence-corrected chi connectivity index (χ4v) is 2.95. The van der Waals surface area contributed by atoms with Gasteiger partial charge in [-0.3, -0.25) is 9.78 Å². The van der Waals surface area contributed by atoms with Crippen molar-refractivity contribution < 1.29 is 4.79 Å². The molecule has 1 aliphatic heterocycles. The molecular weight excluding hydrogens is 272 g/mol. The molecule has 0 aromatic carbocycles. The van der Waals surface area contributed by atoms with Crippen molar-refractivity contribution in [1.29, 1.82) is 0 Å². The van der Waals surface area contributed by atoms with E-state index in [1.165, 1.54) is 18.5 Å². The Hall–Kier alpha value is -2.38. The number of aromatic amines is 2. The molecule has 1 aliphatic carbocycles. The Bertz CT molecular complexity index is 766. The van der Waals surface area contributed by atoms with Crippen molar-refractivity contribution in [2.24, 2.45) is 7.05 Å². The average Bonchev–Trinajstić information content (AvgIpc) is 3.16. The van der Waals surface area contributed by atoms with Crippen molar-refractivity contribution in [3.05, 3.63) is 33.5 Å². The highest BCUT2D eigenvalue weighted by Gasteiger charge is 2.33. The van der Waals surface area contributed by atoms with Gasteiger partial charge in [-0.05, 0) is 12.8 Å². The van der Waals surface area contributed by atoms with E-state index in [1.54, 1.807) is 4.90 Å². The molecule has 21 heavy (non-hydrogen) atoms. The second-order valence-corrected chi connectivity index (χ2v) is 5.70. The molecule has 2 aliphatic rings. The smallest absolute Gasteiger partial charge is 0.334 e. The number of hydrogen-bond acceptors (Lipinski definition) is 4. The van der Waals surface area contributed by atoms with Crippen LogP contribution in [0.5, 0.6) is 0 Å². The van der Waals surface area contributed by atoms with Gasteiger partial charge in [-0.1, -0.05) is 0 Å². The van der Waals surface area contributed by atoms with Crippen molar-refractivity contribution in [3.8, 4) is 0 Å². The highest BCUT2D eigenvalue weighted by Crippen LogP contribution is 2.40. The number of aromatic nitrogens is 5. The summed E-state index contributed by atoms with van der Waals surface area (Å²) >= 11 is 0. The zero-order valence-electron chi connectivity index (χ0n) is 11.7. The monoisotopic (exact) mass is 288 g/mol. The van der Waals surface area contributed by atoms with Crippen molar-refractivity contribution in [2.45, 2.75) is 31.7 Å². The van der Waals surface area contributed by atoms with Gasteiger partial charge in [0.25, 0.3) is 5.91 Å². The van der Waals surface area contributed by atoms with Crippen LogP contribution in [-0.4, -0.2) is 42.1 Å². The van der Waals surface area contributed by atoms with E-state index in [-0.39, 0.29) is 11.7 Å². The second-order valence-electron chi connectivity index (χ2n) is 5.70. The van der Waals surface area contributed by atoms with Crippen LogP contribution in [0.1, 0.15) is 46.6 Å². The Kier molecular flexibility index (Phi) is 2.54. The van der Waals surface area contributed by atoms with E-state index in [0.29, 0.717) is 19.0 Å². The van der Waals surface area contributed by atoms with Gasteiger partial charge >= 0.3 is 5.69 Å². The quantitative estimate of drug-likeness (QED) is 0.806. The standard InChI is InChI=1S/C13H16N6O2/c1-18-9-4-5-19(12(20)10-15-13(21)17-16-10)6-8(9)14-11(18)7-2-3-7/h7H,2-6H2,1H3,(H2,15,16,17,21). The molecule has 0 atom stereocenters. The SMILES string of the molecule is Cn1c(C2CC2)nc2c1CCN(C(=O)c1n[nH]c(=O)[nH]1)C2. The molecule has 2 aromatic rings. The summed E-state index contributed by atoms with van der Waals surface area (Å²) in [7, 11) is 2.06. The number of carbonyl (C=O) groups excluding carboxylic acids is 1. The number of rotatable bonds is 2. The molecule has 4 rings (SSSR count). The third-order valence-corrected chi connectivity index (χ3v) is 4.22. The highest BCUT2D eigenvalue weighted by atomic mass is 16.2. The Balaban J connectivity index is 1.60. The fraction of sp³-hybridized carbons (Fsp3) is 0.538. The molecule has 3 heterocycles. The maximum absolute atomic E-state index is 12.3.